The third kappa shape index (κ3) is 2.76. The number of carbonyl (C=O) groups is 2. The SMILES string of the molecule is CC(C)(C)[Si](C)(C)OC1CC(=O)N(C(=O)O)C1C1CC1. The summed E-state index contributed by atoms with van der Waals surface area (Å²) in [5.41, 5.74) is 0. The van der Waals surface area contributed by atoms with E-state index in [0.717, 1.165) is 17.7 Å². The molecule has 1 aliphatic carbocycles. The van der Waals surface area contributed by atoms with Gasteiger partial charge in [0.25, 0.3) is 0 Å². The van der Waals surface area contributed by atoms with Crippen LogP contribution in [-0.2, 0) is 9.22 Å². The van der Waals surface area contributed by atoms with Crippen molar-refractivity contribution >= 4 is 20.3 Å². The van der Waals surface area contributed by atoms with Crippen LogP contribution in [-0.4, -0.2) is 42.5 Å². The normalized spacial score (nSPS) is 28.1. The van der Waals surface area contributed by atoms with Crippen LogP contribution in [0.5, 0.6) is 0 Å². The monoisotopic (exact) mass is 299 g/mol. The minimum atomic E-state index is -2.00. The first-order valence-electron chi connectivity index (χ1n) is 7.27. The van der Waals surface area contributed by atoms with E-state index in [-0.39, 0.29) is 29.5 Å². The third-order valence-corrected chi connectivity index (χ3v) is 9.39. The first-order chi connectivity index (χ1) is 9.04. The topological polar surface area (TPSA) is 66.8 Å². The lowest BCUT2D eigenvalue weighted by Gasteiger charge is -2.40. The molecule has 2 rings (SSSR count). The molecule has 0 aromatic rings. The number of hydrogen-bond acceptors (Lipinski definition) is 3. The number of amides is 2. The predicted octanol–water partition coefficient (Wildman–Crippen LogP) is 3.07. The Morgan fingerprint density at radius 3 is 2.30 bits per heavy atom. The molecule has 2 fully saturated rings. The number of nitrogens with zero attached hydrogens (tertiary/aromatic N) is 1. The summed E-state index contributed by atoms with van der Waals surface area (Å²) in [6.45, 7) is 10.7. The van der Waals surface area contributed by atoms with E-state index in [1.165, 1.54) is 0 Å². The highest BCUT2D eigenvalue weighted by Gasteiger charge is 2.53. The Morgan fingerprint density at radius 1 is 1.35 bits per heavy atom. The van der Waals surface area contributed by atoms with Crippen molar-refractivity contribution in [2.24, 2.45) is 5.92 Å². The minimum Gasteiger partial charge on any atom is -0.465 e. The van der Waals surface area contributed by atoms with Gasteiger partial charge in [-0.3, -0.25) is 4.79 Å². The zero-order valence-electron chi connectivity index (χ0n) is 13.0. The van der Waals surface area contributed by atoms with E-state index in [4.69, 9.17) is 4.43 Å². The van der Waals surface area contributed by atoms with Gasteiger partial charge in [-0.2, -0.15) is 0 Å². The molecule has 1 aliphatic heterocycles. The van der Waals surface area contributed by atoms with Crippen molar-refractivity contribution in [1.82, 2.24) is 4.90 Å². The van der Waals surface area contributed by atoms with Crippen molar-refractivity contribution in [3.63, 3.8) is 0 Å². The van der Waals surface area contributed by atoms with E-state index in [9.17, 15) is 14.7 Å². The number of likely N-dealkylation sites (tertiary alicyclic amines) is 1. The molecule has 1 saturated heterocycles. The fourth-order valence-electron chi connectivity index (χ4n) is 2.58. The Kier molecular flexibility index (Phi) is 3.75. The minimum absolute atomic E-state index is 0.0563. The molecule has 2 atom stereocenters. The number of carboxylic acid groups (broad SMARTS) is 1. The van der Waals surface area contributed by atoms with E-state index in [1.54, 1.807) is 0 Å². The van der Waals surface area contributed by atoms with Crippen molar-refractivity contribution in [3.05, 3.63) is 0 Å². The van der Waals surface area contributed by atoms with Gasteiger partial charge in [-0.15, -0.1) is 0 Å². The second-order valence-electron chi connectivity index (χ2n) is 7.50. The molecule has 1 N–H and O–H groups in total. The van der Waals surface area contributed by atoms with Gasteiger partial charge in [-0.05, 0) is 36.9 Å². The average molecular weight is 299 g/mol. The molecular weight excluding hydrogens is 274 g/mol. The number of imide groups is 1. The zero-order chi connectivity index (χ0) is 15.3. The van der Waals surface area contributed by atoms with E-state index in [2.05, 4.69) is 33.9 Å². The maximum Gasteiger partial charge on any atom is 0.414 e. The van der Waals surface area contributed by atoms with Gasteiger partial charge in [-0.1, -0.05) is 20.8 Å². The molecule has 5 nitrogen and oxygen atoms in total. The third-order valence-electron chi connectivity index (χ3n) is 4.89. The molecular formula is C14H25NO4Si. The molecule has 0 radical (unpaired) electrons. The summed E-state index contributed by atoms with van der Waals surface area (Å²) in [5, 5.41) is 9.32. The van der Waals surface area contributed by atoms with Crippen molar-refractivity contribution in [1.29, 1.82) is 0 Å². The lowest BCUT2D eigenvalue weighted by Crippen LogP contribution is -2.49. The number of hydrogen-bond donors (Lipinski definition) is 1. The Balaban J connectivity index is 2.19. The van der Waals surface area contributed by atoms with E-state index in [1.807, 2.05) is 0 Å². The summed E-state index contributed by atoms with van der Waals surface area (Å²) in [5.74, 6) is -0.00886. The summed E-state index contributed by atoms with van der Waals surface area (Å²) in [6.07, 6.45) is 0.818. The molecule has 20 heavy (non-hydrogen) atoms. The van der Waals surface area contributed by atoms with E-state index >= 15 is 0 Å². The van der Waals surface area contributed by atoms with Gasteiger partial charge in [0.1, 0.15) is 0 Å². The van der Waals surface area contributed by atoms with Crippen LogP contribution in [0, 0.1) is 5.92 Å². The van der Waals surface area contributed by atoms with Crippen LogP contribution in [0.15, 0.2) is 0 Å². The Morgan fingerprint density at radius 2 is 1.90 bits per heavy atom. The van der Waals surface area contributed by atoms with Crippen LogP contribution in [0.1, 0.15) is 40.0 Å². The Hall–Kier alpha value is -0.883. The molecule has 1 heterocycles. The predicted molar refractivity (Wildman–Crippen MR) is 78.1 cm³/mol. The van der Waals surface area contributed by atoms with Crippen LogP contribution in [0.2, 0.25) is 18.1 Å². The average Bonchev–Trinajstić information content (AvgIpc) is 3.01. The molecule has 0 spiro atoms. The number of rotatable bonds is 3. The standard InChI is InChI=1S/C14H25NO4Si/c1-14(2,3)20(4,5)19-10-8-11(16)15(13(17)18)12(10)9-6-7-9/h9-10,12H,6-8H2,1-5H3,(H,17,18). The lowest BCUT2D eigenvalue weighted by molar-refractivity contribution is -0.127. The summed E-state index contributed by atoms with van der Waals surface area (Å²) >= 11 is 0. The van der Waals surface area contributed by atoms with Crippen LogP contribution < -0.4 is 0 Å². The molecule has 6 heteroatoms. The van der Waals surface area contributed by atoms with E-state index < -0.39 is 14.4 Å². The molecule has 1 saturated carbocycles. The fourth-order valence-corrected chi connectivity index (χ4v) is 3.91. The van der Waals surface area contributed by atoms with Crippen molar-refractivity contribution in [2.75, 3.05) is 0 Å². The summed E-state index contributed by atoms with van der Waals surface area (Å²) < 4.78 is 6.34. The van der Waals surface area contributed by atoms with Crippen molar-refractivity contribution < 1.29 is 19.1 Å². The molecule has 2 aliphatic rings. The molecule has 2 unspecified atom stereocenters. The number of carbonyl (C=O) groups excluding carboxylic acids is 1. The molecule has 0 bridgehead atoms. The van der Waals surface area contributed by atoms with Gasteiger partial charge >= 0.3 is 6.09 Å². The van der Waals surface area contributed by atoms with Crippen LogP contribution in [0.3, 0.4) is 0 Å². The molecule has 0 aromatic heterocycles. The smallest absolute Gasteiger partial charge is 0.414 e. The van der Waals surface area contributed by atoms with Gasteiger partial charge in [0.2, 0.25) is 5.91 Å². The van der Waals surface area contributed by atoms with Crippen LogP contribution in [0.25, 0.3) is 0 Å². The van der Waals surface area contributed by atoms with Crippen LogP contribution >= 0.6 is 0 Å². The molecule has 2 amide bonds. The highest BCUT2D eigenvalue weighted by molar-refractivity contribution is 6.74. The maximum atomic E-state index is 12.0. The Bertz CT molecular complexity index is 425. The van der Waals surface area contributed by atoms with Gasteiger partial charge in [0.15, 0.2) is 8.32 Å². The second-order valence-corrected chi connectivity index (χ2v) is 12.3. The van der Waals surface area contributed by atoms with Crippen molar-refractivity contribution in [2.45, 2.75) is 70.3 Å². The van der Waals surface area contributed by atoms with Gasteiger partial charge < -0.3 is 9.53 Å². The molecule has 0 aromatic carbocycles. The summed E-state index contributed by atoms with van der Waals surface area (Å²) in [7, 11) is -2.00. The van der Waals surface area contributed by atoms with Gasteiger partial charge in [0, 0.05) is 0 Å². The molecule has 114 valence electrons. The zero-order valence-corrected chi connectivity index (χ0v) is 14.0. The first kappa shape index (κ1) is 15.5. The van der Waals surface area contributed by atoms with Gasteiger partial charge in [-0.25, -0.2) is 9.69 Å². The van der Waals surface area contributed by atoms with E-state index in [0.29, 0.717) is 5.92 Å². The maximum absolute atomic E-state index is 12.0. The largest absolute Gasteiger partial charge is 0.465 e. The summed E-state index contributed by atoms with van der Waals surface area (Å²) in [4.78, 5) is 24.3. The van der Waals surface area contributed by atoms with Crippen LogP contribution in [0.4, 0.5) is 4.79 Å². The summed E-state index contributed by atoms with van der Waals surface area (Å²) in [6, 6.07) is -0.269. The van der Waals surface area contributed by atoms with Crippen molar-refractivity contribution in [3.8, 4) is 0 Å². The quantitative estimate of drug-likeness (QED) is 0.813. The lowest BCUT2D eigenvalue weighted by atomic mass is 10.1. The first-order valence-corrected chi connectivity index (χ1v) is 10.2. The van der Waals surface area contributed by atoms with Gasteiger partial charge in [0.05, 0.1) is 18.6 Å². The highest BCUT2D eigenvalue weighted by Crippen LogP contribution is 2.45. The highest BCUT2D eigenvalue weighted by atomic mass is 28.4. The second kappa shape index (κ2) is 4.84. The fraction of sp³-hybridized carbons (Fsp3) is 0.857. The Labute approximate surface area is 121 Å².